The zero-order chi connectivity index (χ0) is 23.0. The molecule has 0 bridgehead atoms. The molecule has 164 valence electrons. The van der Waals surface area contributed by atoms with Crippen molar-refractivity contribution >= 4 is 23.4 Å². The van der Waals surface area contributed by atoms with E-state index in [2.05, 4.69) is 16.2 Å². The second-order valence-corrected chi connectivity index (χ2v) is 5.93. The van der Waals surface area contributed by atoms with Crippen LogP contribution in [-0.4, -0.2) is 50.5 Å². The van der Waals surface area contributed by atoms with Crippen molar-refractivity contribution in [3.8, 4) is 17.2 Å². The third-order valence-electron chi connectivity index (χ3n) is 3.98. The highest BCUT2D eigenvalue weighted by atomic mass is 16.6. The van der Waals surface area contributed by atoms with Gasteiger partial charge < -0.3 is 19.5 Å². The summed E-state index contributed by atoms with van der Waals surface area (Å²) < 4.78 is 15.0. The third kappa shape index (κ3) is 6.06. The SMILES string of the molecule is COc1cc(OC)cc(C(=O)NNC(=O)CNC(=O)c2ccc(OC)c([N+](=O)[O-])c2)c1. The Hall–Kier alpha value is -4.35. The van der Waals surface area contributed by atoms with E-state index in [1.165, 1.54) is 45.6 Å². The molecule has 0 atom stereocenters. The highest BCUT2D eigenvalue weighted by Crippen LogP contribution is 2.27. The highest BCUT2D eigenvalue weighted by molar-refractivity contribution is 5.98. The molecule has 0 fully saturated rings. The molecule has 0 heterocycles. The summed E-state index contributed by atoms with van der Waals surface area (Å²) in [5, 5.41) is 13.3. The first-order valence-corrected chi connectivity index (χ1v) is 8.72. The van der Waals surface area contributed by atoms with E-state index in [0.29, 0.717) is 11.5 Å². The summed E-state index contributed by atoms with van der Waals surface area (Å²) in [6.07, 6.45) is 0. The number of carbonyl (C=O) groups excluding carboxylic acids is 3. The van der Waals surface area contributed by atoms with E-state index in [1.54, 1.807) is 6.07 Å². The molecule has 0 spiro atoms. The van der Waals surface area contributed by atoms with Crippen LogP contribution in [0.3, 0.4) is 0 Å². The number of ether oxygens (including phenoxy) is 3. The number of nitro groups is 1. The monoisotopic (exact) mass is 432 g/mol. The molecule has 2 aromatic rings. The van der Waals surface area contributed by atoms with E-state index in [-0.39, 0.29) is 22.6 Å². The average Bonchev–Trinajstić information content (AvgIpc) is 2.79. The number of benzene rings is 2. The maximum absolute atomic E-state index is 12.2. The predicted octanol–water partition coefficient (Wildman–Crippen LogP) is 0.812. The Balaban J connectivity index is 1.92. The van der Waals surface area contributed by atoms with Crippen LogP contribution in [0, 0.1) is 10.1 Å². The van der Waals surface area contributed by atoms with Crippen molar-refractivity contribution < 1.29 is 33.5 Å². The summed E-state index contributed by atoms with van der Waals surface area (Å²) in [6, 6.07) is 8.09. The van der Waals surface area contributed by atoms with Gasteiger partial charge in [-0.15, -0.1) is 0 Å². The molecule has 2 aromatic carbocycles. The van der Waals surface area contributed by atoms with Crippen LogP contribution in [0.1, 0.15) is 20.7 Å². The maximum atomic E-state index is 12.2. The molecule has 3 amide bonds. The van der Waals surface area contributed by atoms with Gasteiger partial charge in [0.05, 0.1) is 32.8 Å². The number of methoxy groups -OCH3 is 3. The molecule has 0 aliphatic carbocycles. The summed E-state index contributed by atoms with van der Waals surface area (Å²) in [6.45, 7) is -0.486. The normalized spacial score (nSPS) is 9.90. The Labute approximate surface area is 176 Å². The molecular formula is C19H20N4O8. The number of nitrogens with zero attached hydrogens (tertiary/aromatic N) is 1. The van der Waals surface area contributed by atoms with E-state index >= 15 is 0 Å². The number of carbonyl (C=O) groups is 3. The average molecular weight is 432 g/mol. The molecule has 0 unspecified atom stereocenters. The topological polar surface area (TPSA) is 158 Å². The first-order chi connectivity index (χ1) is 14.8. The molecule has 0 aliphatic rings. The van der Waals surface area contributed by atoms with Gasteiger partial charge in [0.15, 0.2) is 5.75 Å². The summed E-state index contributed by atoms with van der Waals surface area (Å²) >= 11 is 0. The molecule has 0 saturated heterocycles. The van der Waals surface area contributed by atoms with Gasteiger partial charge in [0.25, 0.3) is 17.7 Å². The quantitative estimate of drug-likeness (QED) is 0.408. The molecule has 0 radical (unpaired) electrons. The minimum absolute atomic E-state index is 0.00354. The Kier molecular flexibility index (Phi) is 7.72. The Morgan fingerprint density at radius 3 is 2.06 bits per heavy atom. The largest absolute Gasteiger partial charge is 0.497 e. The minimum Gasteiger partial charge on any atom is -0.497 e. The van der Waals surface area contributed by atoms with Gasteiger partial charge in [-0.1, -0.05) is 0 Å². The Morgan fingerprint density at radius 2 is 1.52 bits per heavy atom. The smallest absolute Gasteiger partial charge is 0.311 e. The van der Waals surface area contributed by atoms with E-state index in [9.17, 15) is 24.5 Å². The van der Waals surface area contributed by atoms with Crippen molar-refractivity contribution in [1.82, 2.24) is 16.2 Å². The Morgan fingerprint density at radius 1 is 0.871 bits per heavy atom. The van der Waals surface area contributed by atoms with E-state index in [1.807, 2.05) is 0 Å². The van der Waals surface area contributed by atoms with Gasteiger partial charge in [0.2, 0.25) is 0 Å². The van der Waals surface area contributed by atoms with Gasteiger partial charge in [-0.05, 0) is 24.3 Å². The number of nitro benzene ring substituents is 1. The van der Waals surface area contributed by atoms with Crippen molar-refractivity contribution in [1.29, 1.82) is 0 Å². The van der Waals surface area contributed by atoms with Crippen molar-refractivity contribution in [2.24, 2.45) is 0 Å². The molecule has 3 N–H and O–H groups in total. The van der Waals surface area contributed by atoms with Crippen LogP contribution < -0.4 is 30.4 Å². The molecule has 2 rings (SSSR count). The van der Waals surface area contributed by atoms with Gasteiger partial charge in [-0.2, -0.15) is 0 Å². The van der Waals surface area contributed by atoms with Gasteiger partial charge in [-0.3, -0.25) is 35.3 Å². The molecule has 0 aliphatic heterocycles. The van der Waals surface area contributed by atoms with Crippen LogP contribution in [0.5, 0.6) is 17.2 Å². The number of hydrogen-bond acceptors (Lipinski definition) is 8. The summed E-state index contributed by atoms with van der Waals surface area (Å²) in [4.78, 5) is 46.6. The van der Waals surface area contributed by atoms with E-state index < -0.39 is 29.2 Å². The van der Waals surface area contributed by atoms with Gasteiger partial charge in [-0.25, -0.2) is 0 Å². The summed E-state index contributed by atoms with van der Waals surface area (Å²) in [7, 11) is 4.12. The van der Waals surface area contributed by atoms with Crippen LogP contribution in [0.25, 0.3) is 0 Å². The van der Waals surface area contributed by atoms with Crippen molar-refractivity contribution in [3.63, 3.8) is 0 Å². The van der Waals surface area contributed by atoms with Crippen LogP contribution in [0.4, 0.5) is 5.69 Å². The lowest BCUT2D eigenvalue weighted by Gasteiger charge is -2.11. The van der Waals surface area contributed by atoms with Gasteiger partial charge in [0, 0.05) is 23.3 Å². The first-order valence-electron chi connectivity index (χ1n) is 8.72. The van der Waals surface area contributed by atoms with E-state index in [4.69, 9.17) is 14.2 Å². The number of hydrogen-bond donors (Lipinski definition) is 3. The molecule has 0 saturated carbocycles. The molecule has 12 heteroatoms. The van der Waals surface area contributed by atoms with Gasteiger partial charge >= 0.3 is 5.69 Å². The fraction of sp³-hybridized carbons (Fsp3) is 0.211. The first kappa shape index (κ1) is 22.9. The number of amides is 3. The zero-order valence-corrected chi connectivity index (χ0v) is 16.9. The fourth-order valence-electron chi connectivity index (χ4n) is 2.42. The van der Waals surface area contributed by atoms with Gasteiger partial charge in [0.1, 0.15) is 11.5 Å². The number of rotatable bonds is 8. The maximum Gasteiger partial charge on any atom is 0.311 e. The second-order valence-electron chi connectivity index (χ2n) is 5.93. The van der Waals surface area contributed by atoms with Crippen LogP contribution in [0.15, 0.2) is 36.4 Å². The predicted molar refractivity (Wildman–Crippen MR) is 107 cm³/mol. The lowest BCUT2D eigenvalue weighted by molar-refractivity contribution is -0.385. The Bertz CT molecular complexity index is 986. The van der Waals surface area contributed by atoms with Crippen LogP contribution in [-0.2, 0) is 4.79 Å². The van der Waals surface area contributed by atoms with Crippen molar-refractivity contribution in [3.05, 3.63) is 57.6 Å². The zero-order valence-electron chi connectivity index (χ0n) is 16.9. The van der Waals surface area contributed by atoms with E-state index in [0.717, 1.165) is 6.07 Å². The molecule has 0 aromatic heterocycles. The second kappa shape index (κ2) is 10.4. The fourth-order valence-corrected chi connectivity index (χ4v) is 2.42. The van der Waals surface area contributed by atoms with Crippen LogP contribution >= 0.6 is 0 Å². The summed E-state index contributed by atoms with van der Waals surface area (Å²) in [5.41, 5.74) is 4.09. The molecule has 12 nitrogen and oxygen atoms in total. The number of hydrazine groups is 1. The highest BCUT2D eigenvalue weighted by Gasteiger charge is 2.18. The van der Waals surface area contributed by atoms with Crippen LogP contribution in [0.2, 0.25) is 0 Å². The third-order valence-corrected chi connectivity index (χ3v) is 3.98. The number of nitrogens with one attached hydrogen (secondary N) is 3. The molecular weight excluding hydrogens is 412 g/mol. The minimum atomic E-state index is -0.723. The van der Waals surface area contributed by atoms with Crippen molar-refractivity contribution in [2.75, 3.05) is 27.9 Å². The summed E-state index contributed by atoms with van der Waals surface area (Å²) in [5.74, 6) is -1.31. The lowest BCUT2D eigenvalue weighted by atomic mass is 10.1. The molecule has 31 heavy (non-hydrogen) atoms. The van der Waals surface area contributed by atoms with Crippen molar-refractivity contribution in [2.45, 2.75) is 0 Å². The standard InChI is InChI=1S/C19H20N4O8/c1-29-13-6-12(7-14(9-13)30-2)19(26)22-21-17(24)10-20-18(25)11-4-5-16(31-3)15(8-11)23(27)28/h4-9H,10H2,1-3H3,(H,20,25)(H,21,24)(H,22,26). The lowest BCUT2D eigenvalue weighted by Crippen LogP contribution is -2.46.